The van der Waals surface area contributed by atoms with E-state index in [4.69, 9.17) is 5.11 Å². The number of carbonyl (C=O) groups excluding carboxylic acids is 1. The molecule has 1 atom stereocenters. The number of alkyl halides is 3. The Kier molecular flexibility index (Phi) is 4.38. The van der Waals surface area contributed by atoms with Crippen molar-refractivity contribution in [3.63, 3.8) is 0 Å². The number of methoxy groups -OCH3 is 1. The normalized spacial score (nSPS) is 13.5. The van der Waals surface area contributed by atoms with Crippen molar-refractivity contribution >= 4 is 21.9 Å². The van der Waals surface area contributed by atoms with Crippen molar-refractivity contribution in [1.29, 1.82) is 0 Å². The van der Waals surface area contributed by atoms with E-state index in [-0.39, 0.29) is 10.2 Å². The zero-order valence-corrected chi connectivity index (χ0v) is 11.0. The maximum Gasteiger partial charge on any atom is 0.416 e. The van der Waals surface area contributed by atoms with Crippen LogP contribution in [-0.2, 0) is 11.3 Å². The average molecular weight is 331 g/mol. The Morgan fingerprint density at radius 1 is 1.61 bits per heavy atom. The molecule has 0 saturated heterocycles. The topological polar surface area (TPSA) is 64.3 Å². The summed E-state index contributed by atoms with van der Waals surface area (Å²) in [4.78, 5) is 11.3. The Hall–Kier alpha value is -1.09. The number of aromatic nitrogens is 2. The van der Waals surface area contributed by atoms with Crippen LogP contribution in [-0.4, -0.2) is 40.2 Å². The molecule has 0 saturated carbocycles. The fourth-order valence-electron chi connectivity index (χ4n) is 1.20. The van der Waals surface area contributed by atoms with Crippen LogP contribution in [0.5, 0.6) is 0 Å². The van der Waals surface area contributed by atoms with Crippen molar-refractivity contribution in [2.24, 2.45) is 0 Å². The van der Waals surface area contributed by atoms with Crippen LogP contribution in [0, 0.1) is 6.92 Å². The molecule has 0 spiro atoms. The highest BCUT2D eigenvalue weighted by Gasteiger charge is 2.39. The number of halogens is 4. The smallest absolute Gasteiger partial charge is 0.416 e. The van der Waals surface area contributed by atoms with Crippen molar-refractivity contribution in [3.05, 3.63) is 15.9 Å². The molecule has 0 aromatic carbocycles. The number of aliphatic hydroxyl groups is 1. The maximum absolute atomic E-state index is 12.2. The molecule has 1 heterocycles. The van der Waals surface area contributed by atoms with Gasteiger partial charge in [0, 0.05) is 0 Å². The van der Waals surface area contributed by atoms with Crippen LogP contribution >= 0.6 is 15.9 Å². The Labute approximate surface area is 109 Å². The van der Waals surface area contributed by atoms with Gasteiger partial charge in [0.1, 0.15) is 0 Å². The molecular formula is C9H10BrF3N2O3. The first kappa shape index (κ1) is 15.0. The summed E-state index contributed by atoms with van der Waals surface area (Å²) in [5.41, 5.74) is 0.156. The Balaban J connectivity index is 3.02. The summed E-state index contributed by atoms with van der Waals surface area (Å²) in [6.07, 6.45) is -7.29. The first-order valence-corrected chi connectivity index (χ1v) is 5.53. The van der Waals surface area contributed by atoms with Crippen molar-refractivity contribution in [1.82, 2.24) is 9.78 Å². The minimum Gasteiger partial charge on any atom is -0.464 e. The summed E-state index contributed by atoms with van der Waals surface area (Å²) in [7, 11) is 1.13. The molecule has 1 N–H and O–H groups in total. The second-order valence-electron chi connectivity index (χ2n) is 3.48. The van der Waals surface area contributed by atoms with Gasteiger partial charge in [0.2, 0.25) is 0 Å². The molecule has 1 rings (SSSR count). The number of esters is 1. The molecule has 0 aliphatic carbocycles. The van der Waals surface area contributed by atoms with Gasteiger partial charge in [-0.15, -0.1) is 0 Å². The SMILES string of the molecule is COC(=O)c1nn(CC(O)C(F)(F)F)c(C)c1Br. The van der Waals surface area contributed by atoms with Gasteiger partial charge in [-0.3, -0.25) is 4.68 Å². The van der Waals surface area contributed by atoms with Crippen molar-refractivity contribution in [2.75, 3.05) is 7.11 Å². The standard InChI is InChI=1S/C9H10BrF3N2O3/c1-4-6(10)7(8(17)18-2)14-15(4)3-5(16)9(11,12)13/h5,16H,3H2,1-2H3. The van der Waals surface area contributed by atoms with Gasteiger partial charge in [-0.2, -0.15) is 18.3 Å². The maximum atomic E-state index is 12.2. The predicted molar refractivity (Wildman–Crippen MR) is 58.1 cm³/mol. The molecule has 1 aromatic heterocycles. The number of hydrogen-bond donors (Lipinski definition) is 1. The summed E-state index contributed by atoms with van der Waals surface area (Å²) in [5, 5.41) is 12.6. The third-order valence-corrected chi connectivity index (χ3v) is 3.19. The highest BCUT2D eigenvalue weighted by atomic mass is 79.9. The molecule has 102 valence electrons. The van der Waals surface area contributed by atoms with E-state index in [2.05, 4.69) is 25.8 Å². The Morgan fingerprint density at radius 2 is 2.17 bits per heavy atom. The van der Waals surface area contributed by atoms with Crippen LogP contribution in [0.3, 0.4) is 0 Å². The molecule has 0 aliphatic rings. The molecular weight excluding hydrogens is 321 g/mol. The predicted octanol–water partition coefficient (Wildman–Crippen LogP) is 1.66. The molecule has 9 heteroatoms. The molecule has 1 unspecified atom stereocenters. The zero-order valence-electron chi connectivity index (χ0n) is 9.45. The first-order chi connectivity index (χ1) is 8.18. The van der Waals surface area contributed by atoms with Gasteiger partial charge < -0.3 is 9.84 Å². The lowest BCUT2D eigenvalue weighted by Crippen LogP contribution is -2.33. The second-order valence-corrected chi connectivity index (χ2v) is 4.27. The quantitative estimate of drug-likeness (QED) is 0.856. The molecule has 1 aromatic rings. The van der Waals surface area contributed by atoms with Crippen LogP contribution in [0.15, 0.2) is 4.47 Å². The van der Waals surface area contributed by atoms with E-state index in [1.165, 1.54) is 6.92 Å². The van der Waals surface area contributed by atoms with E-state index in [0.29, 0.717) is 5.69 Å². The summed E-state index contributed by atoms with van der Waals surface area (Å²) < 4.78 is 42.2. The fourth-order valence-corrected chi connectivity index (χ4v) is 1.64. The van der Waals surface area contributed by atoms with Crippen LogP contribution in [0.4, 0.5) is 13.2 Å². The van der Waals surface area contributed by atoms with E-state index in [9.17, 15) is 18.0 Å². The third-order valence-electron chi connectivity index (χ3n) is 2.24. The Morgan fingerprint density at radius 3 is 2.61 bits per heavy atom. The molecule has 0 amide bonds. The molecule has 0 bridgehead atoms. The third kappa shape index (κ3) is 3.02. The van der Waals surface area contributed by atoms with Crippen molar-refractivity contribution in [2.45, 2.75) is 25.7 Å². The van der Waals surface area contributed by atoms with E-state index in [1.807, 2.05) is 0 Å². The van der Waals surface area contributed by atoms with Crippen molar-refractivity contribution in [3.8, 4) is 0 Å². The van der Waals surface area contributed by atoms with E-state index in [1.54, 1.807) is 0 Å². The minimum absolute atomic E-state index is 0.135. The van der Waals surface area contributed by atoms with Crippen LogP contribution in [0.1, 0.15) is 16.2 Å². The second kappa shape index (κ2) is 5.27. The lowest BCUT2D eigenvalue weighted by molar-refractivity contribution is -0.208. The monoisotopic (exact) mass is 330 g/mol. The highest BCUT2D eigenvalue weighted by molar-refractivity contribution is 9.10. The van der Waals surface area contributed by atoms with Crippen LogP contribution in [0.2, 0.25) is 0 Å². The lowest BCUT2D eigenvalue weighted by Gasteiger charge is -2.15. The number of carbonyl (C=O) groups is 1. The fraction of sp³-hybridized carbons (Fsp3) is 0.556. The van der Waals surface area contributed by atoms with Gasteiger partial charge in [-0.1, -0.05) is 0 Å². The van der Waals surface area contributed by atoms with E-state index in [0.717, 1.165) is 11.8 Å². The highest BCUT2D eigenvalue weighted by Crippen LogP contribution is 2.25. The van der Waals surface area contributed by atoms with Gasteiger partial charge in [0.05, 0.1) is 23.8 Å². The molecule has 18 heavy (non-hydrogen) atoms. The van der Waals surface area contributed by atoms with Gasteiger partial charge in [0.25, 0.3) is 0 Å². The number of rotatable bonds is 3. The largest absolute Gasteiger partial charge is 0.464 e. The van der Waals surface area contributed by atoms with Crippen LogP contribution in [0.25, 0.3) is 0 Å². The summed E-state index contributed by atoms with van der Waals surface area (Å²) in [5.74, 6) is -0.773. The van der Waals surface area contributed by atoms with E-state index >= 15 is 0 Å². The Bertz CT molecular complexity index is 459. The number of ether oxygens (including phenoxy) is 1. The number of hydrogen-bond acceptors (Lipinski definition) is 4. The summed E-state index contributed by atoms with van der Waals surface area (Å²) in [6, 6.07) is 0. The van der Waals surface area contributed by atoms with Crippen molar-refractivity contribution < 1.29 is 27.8 Å². The van der Waals surface area contributed by atoms with Crippen LogP contribution < -0.4 is 0 Å². The summed E-state index contributed by atoms with van der Waals surface area (Å²) >= 11 is 3.04. The van der Waals surface area contributed by atoms with E-state index < -0.39 is 24.8 Å². The molecule has 0 radical (unpaired) electrons. The molecule has 0 aliphatic heterocycles. The summed E-state index contributed by atoms with van der Waals surface area (Å²) in [6.45, 7) is 0.678. The zero-order chi connectivity index (χ0) is 14.1. The average Bonchev–Trinajstić information content (AvgIpc) is 2.55. The molecule has 0 fully saturated rings. The van der Waals surface area contributed by atoms with Gasteiger partial charge >= 0.3 is 12.1 Å². The van der Waals surface area contributed by atoms with Gasteiger partial charge in [-0.25, -0.2) is 4.79 Å². The van der Waals surface area contributed by atoms with Gasteiger partial charge in [-0.05, 0) is 22.9 Å². The van der Waals surface area contributed by atoms with Gasteiger partial charge in [0.15, 0.2) is 11.8 Å². The first-order valence-electron chi connectivity index (χ1n) is 4.74. The lowest BCUT2D eigenvalue weighted by atomic mass is 10.3. The number of nitrogens with zero attached hydrogens (tertiary/aromatic N) is 2. The number of aliphatic hydroxyl groups excluding tert-OH is 1. The minimum atomic E-state index is -4.74. The molecule has 5 nitrogen and oxygen atoms in total.